The monoisotopic (exact) mass is 343 g/mol. The van der Waals surface area contributed by atoms with E-state index in [1.54, 1.807) is 6.92 Å². The van der Waals surface area contributed by atoms with E-state index in [1.807, 2.05) is 6.92 Å². The molecule has 1 aliphatic rings. The van der Waals surface area contributed by atoms with Crippen LogP contribution in [-0.4, -0.2) is 23.0 Å². The highest BCUT2D eigenvalue weighted by molar-refractivity contribution is 5.87. The molecular weight excluding hydrogens is 323 g/mol. The van der Waals surface area contributed by atoms with Crippen LogP contribution in [0.5, 0.6) is 0 Å². The largest absolute Gasteiger partial charge is 0.480 e. The van der Waals surface area contributed by atoms with Crippen LogP contribution >= 0.6 is 0 Å². The number of benzene rings is 1. The van der Waals surface area contributed by atoms with Gasteiger partial charge >= 0.3 is 12.1 Å². The molecule has 7 heteroatoms. The van der Waals surface area contributed by atoms with Gasteiger partial charge in [0.05, 0.1) is 5.56 Å². The molecule has 0 bridgehead atoms. The zero-order chi connectivity index (χ0) is 18.1. The van der Waals surface area contributed by atoms with Gasteiger partial charge in [-0.15, -0.1) is 0 Å². The fourth-order valence-electron chi connectivity index (χ4n) is 2.72. The van der Waals surface area contributed by atoms with Crippen LogP contribution in [0.15, 0.2) is 24.3 Å². The minimum Gasteiger partial charge on any atom is -0.480 e. The molecule has 4 nitrogen and oxygen atoms in total. The van der Waals surface area contributed by atoms with Crippen LogP contribution in [-0.2, 0) is 15.8 Å². The number of carboxylic acid groups (broad SMARTS) is 1. The zero-order valence-corrected chi connectivity index (χ0v) is 13.4. The number of carboxylic acids is 1. The summed E-state index contributed by atoms with van der Waals surface area (Å²) < 4.78 is 37.6. The molecule has 2 unspecified atom stereocenters. The van der Waals surface area contributed by atoms with E-state index in [9.17, 15) is 27.9 Å². The average molecular weight is 343 g/mol. The second-order valence-corrected chi connectivity index (χ2v) is 6.28. The number of carbonyl (C=O) groups is 2. The minimum atomic E-state index is -4.39. The summed E-state index contributed by atoms with van der Waals surface area (Å²) in [6.45, 7) is 3.59. The lowest BCUT2D eigenvalue weighted by Gasteiger charge is -2.20. The molecule has 1 fully saturated rings. The van der Waals surface area contributed by atoms with Gasteiger partial charge in [0.2, 0.25) is 5.91 Å². The van der Waals surface area contributed by atoms with Crippen molar-refractivity contribution in [1.29, 1.82) is 0 Å². The van der Waals surface area contributed by atoms with E-state index in [1.165, 1.54) is 12.1 Å². The van der Waals surface area contributed by atoms with E-state index in [0.717, 1.165) is 12.1 Å². The second kappa shape index (κ2) is 6.83. The molecule has 1 aromatic rings. The second-order valence-electron chi connectivity index (χ2n) is 6.28. The van der Waals surface area contributed by atoms with E-state index in [-0.39, 0.29) is 23.7 Å². The van der Waals surface area contributed by atoms with Crippen molar-refractivity contribution >= 4 is 11.9 Å². The van der Waals surface area contributed by atoms with E-state index in [2.05, 4.69) is 5.32 Å². The zero-order valence-electron chi connectivity index (χ0n) is 13.4. The number of alkyl halides is 3. The van der Waals surface area contributed by atoms with Crippen molar-refractivity contribution in [2.24, 2.45) is 11.8 Å². The number of nitrogens with one attached hydrogen (secondary N) is 1. The Labute approximate surface area is 138 Å². The Balaban J connectivity index is 1.99. The summed E-state index contributed by atoms with van der Waals surface area (Å²) in [6.07, 6.45) is -3.25. The Morgan fingerprint density at radius 3 is 2.33 bits per heavy atom. The predicted octanol–water partition coefficient (Wildman–Crippen LogP) is 3.42. The van der Waals surface area contributed by atoms with Crippen LogP contribution in [0.1, 0.15) is 43.7 Å². The number of carbonyl (C=O) groups excluding carboxylic acids is 1. The van der Waals surface area contributed by atoms with E-state index < -0.39 is 23.8 Å². The maximum atomic E-state index is 12.5. The minimum absolute atomic E-state index is 0.154. The van der Waals surface area contributed by atoms with E-state index in [0.29, 0.717) is 18.4 Å². The molecule has 2 N–H and O–H groups in total. The van der Waals surface area contributed by atoms with Gasteiger partial charge in [-0.25, -0.2) is 4.79 Å². The van der Waals surface area contributed by atoms with Gasteiger partial charge in [0.15, 0.2) is 0 Å². The van der Waals surface area contributed by atoms with Gasteiger partial charge in [-0.2, -0.15) is 13.2 Å². The van der Waals surface area contributed by atoms with Crippen molar-refractivity contribution in [2.75, 3.05) is 0 Å². The molecule has 0 spiro atoms. The smallest absolute Gasteiger partial charge is 0.416 e. The summed E-state index contributed by atoms with van der Waals surface area (Å²) in [5, 5.41) is 11.7. The number of hydrogen-bond acceptors (Lipinski definition) is 2. The van der Waals surface area contributed by atoms with Gasteiger partial charge in [0.25, 0.3) is 0 Å². The van der Waals surface area contributed by atoms with Gasteiger partial charge < -0.3 is 10.4 Å². The fraction of sp³-hybridized carbons (Fsp3) is 0.529. The lowest BCUT2D eigenvalue weighted by atomic mass is 9.99. The van der Waals surface area contributed by atoms with Crippen molar-refractivity contribution in [3.63, 3.8) is 0 Å². The number of halogens is 3. The van der Waals surface area contributed by atoms with E-state index in [4.69, 9.17) is 0 Å². The topological polar surface area (TPSA) is 66.4 Å². The molecule has 0 aromatic heterocycles. The molecule has 0 saturated heterocycles. The number of rotatable bonds is 6. The van der Waals surface area contributed by atoms with Gasteiger partial charge in [0.1, 0.15) is 6.04 Å². The Hall–Kier alpha value is -2.05. The first-order valence-electron chi connectivity index (χ1n) is 7.85. The van der Waals surface area contributed by atoms with Crippen LogP contribution in [0.4, 0.5) is 13.2 Å². The maximum absolute atomic E-state index is 12.5. The molecule has 0 aliphatic heterocycles. The van der Waals surface area contributed by atoms with Crippen LogP contribution in [0.2, 0.25) is 0 Å². The summed E-state index contributed by atoms with van der Waals surface area (Å²) in [7, 11) is 0. The third kappa shape index (κ3) is 4.07. The Morgan fingerprint density at radius 2 is 1.88 bits per heavy atom. The Kier molecular flexibility index (Phi) is 5.20. The first-order chi connectivity index (χ1) is 11.1. The maximum Gasteiger partial charge on any atom is 0.416 e. The quantitative estimate of drug-likeness (QED) is 0.832. The summed E-state index contributed by atoms with van der Waals surface area (Å²) in [5.74, 6) is -2.17. The fourth-order valence-corrected chi connectivity index (χ4v) is 2.72. The van der Waals surface area contributed by atoms with Crippen molar-refractivity contribution in [2.45, 2.75) is 44.8 Å². The molecule has 24 heavy (non-hydrogen) atoms. The number of hydrogen-bond donors (Lipinski definition) is 2. The molecule has 1 amide bonds. The lowest BCUT2D eigenvalue weighted by Crippen LogP contribution is -2.45. The molecule has 1 aromatic carbocycles. The summed E-state index contributed by atoms with van der Waals surface area (Å²) in [4.78, 5) is 23.4. The van der Waals surface area contributed by atoms with Crippen LogP contribution < -0.4 is 5.32 Å². The highest BCUT2D eigenvalue weighted by Crippen LogP contribution is 2.48. The van der Waals surface area contributed by atoms with Crippen LogP contribution in [0.25, 0.3) is 0 Å². The van der Waals surface area contributed by atoms with Crippen molar-refractivity contribution in [3.05, 3.63) is 35.4 Å². The third-order valence-electron chi connectivity index (χ3n) is 4.57. The number of aliphatic carboxylic acids is 1. The van der Waals surface area contributed by atoms with Gasteiger partial charge in [-0.3, -0.25) is 4.79 Å². The Bertz CT molecular complexity index is 613. The van der Waals surface area contributed by atoms with Gasteiger partial charge in [-0.1, -0.05) is 32.4 Å². The molecule has 0 heterocycles. The summed E-state index contributed by atoms with van der Waals surface area (Å²) in [6, 6.07) is 3.81. The highest BCUT2D eigenvalue weighted by Gasteiger charge is 2.45. The molecule has 1 aliphatic carbocycles. The molecule has 2 rings (SSSR count). The first kappa shape index (κ1) is 18.3. The standard InChI is InChI=1S/C17H20F3NO3/c1-3-9(2)14(16(23)24)21-15(22)13-8-12(13)10-4-6-11(7-5-10)17(18,19)20/h4-7,9,12-14H,3,8H2,1-2H3,(H,21,22)(H,23,24)/t9-,12?,13?,14-/m0/s1. The lowest BCUT2D eigenvalue weighted by molar-refractivity contribution is -0.143. The van der Waals surface area contributed by atoms with Crippen molar-refractivity contribution in [3.8, 4) is 0 Å². The molecule has 132 valence electrons. The SMILES string of the molecule is CC[C@H](C)[C@H](NC(=O)C1CC1c1ccc(C(F)(F)F)cc1)C(=O)O. The van der Waals surface area contributed by atoms with E-state index >= 15 is 0 Å². The highest BCUT2D eigenvalue weighted by atomic mass is 19.4. The van der Waals surface area contributed by atoms with Gasteiger partial charge in [-0.05, 0) is 36.0 Å². The molecule has 0 radical (unpaired) electrons. The van der Waals surface area contributed by atoms with Crippen molar-refractivity contribution < 1.29 is 27.9 Å². The van der Waals surface area contributed by atoms with Crippen LogP contribution in [0, 0.1) is 11.8 Å². The Morgan fingerprint density at radius 1 is 1.29 bits per heavy atom. The summed E-state index contributed by atoms with van der Waals surface area (Å²) in [5.41, 5.74) is -0.0609. The summed E-state index contributed by atoms with van der Waals surface area (Å²) >= 11 is 0. The normalized spacial score (nSPS) is 22.5. The third-order valence-corrected chi connectivity index (χ3v) is 4.57. The average Bonchev–Trinajstić information content (AvgIpc) is 3.31. The van der Waals surface area contributed by atoms with Crippen LogP contribution in [0.3, 0.4) is 0 Å². The number of amides is 1. The van der Waals surface area contributed by atoms with Gasteiger partial charge in [0, 0.05) is 5.92 Å². The molecule has 1 saturated carbocycles. The predicted molar refractivity (Wildman–Crippen MR) is 81.3 cm³/mol. The molecule has 4 atom stereocenters. The first-order valence-corrected chi connectivity index (χ1v) is 7.85. The van der Waals surface area contributed by atoms with Crippen molar-refractivity contribution in [1.82, 2.24) is 5.32 Å². The molecular formula is C17H20F3NO3.